The standard InChI is InChI=1S/C20H31N3O/c1-14(2)19(24)17-6-4-16(5-7-17)18-12-21-20(22-13-18)23-10-8-15(3)9-11-23/h12-17H,4-11H2,1-3H3. The second kappa shape index (κ2) is 7.62. The molecule has 0 N–H and O–H groups in total. The van der Waals surface area contributed by atoms with E-state index in [1.807, 2.05) is 26.2 Å². The summed E-state index contributed by atoms with van der Waals surface area (Å²) >= 11 is 0. The van der Waals surface area contributed by atoms with Crippen LogP contribution < -0.4 is 4.90 Å². The molecule has 4 heteroatoms. The van der Waals surface area contributed by atoms with Crippen molar-refractivity contribution in [2.45, 2.75) is 65.2 Å². The van der Waals surface area contributed by atoms with Crippen LogP contribution in [0.15, 0.2) is 12.4 Å². The molecule has 24 heavy (non-hydrogen) atoms. The first-order valence-corrected chi connectivity index (χ1v) is 9.65. The lowest BCUT2D eigenvalue weighted by Crippen LogP contribution is -2.34. The topological polar surface area (TPSA) is 46.1 Å². The Morgan fingerprint density at radius 2 is 1.62 bits per heavy atom. The Balaban J connectivity index is 1.56. The van der Waals surface area contributed by atoms with Crippen LogP contribution in [0.2, 0.25) is 0 Å². The fourth-order valence-electron chi connectivity index (χ4n) is 4.10. The number of carbonyl (C=O) groups is 1. The van der Waals surface area contributed by atoms with Gasteiger partial charge in [-0.05, 0) is 55.9 Å². The smallest absolute Gasteiger partial charge is 0.225 e. The van der Waals surface area contributed by atoms with Gasteiger partial charge in [0.1, 0.15) is 5.78 Å². The Labute approximate surface area is 146 Å². The van der Waals surface area contributed by atoms with Crippen LogP contribution in [-0.2, 0) is 4.79 Å². The summed E-state index contributed by atoms with van der Waals surface area (Å²) in [4.78, 5) is 23.7. The molecule has 0 atom stereocenters. The monoisotopic (exact) mass is 329 g/mol. The van der Waals surface area contributed by atoms with E-state index >= 15 is 0 Å². The number of hydrogen-bond acceptors (Lipinski definition) is 4. The summed E-state index contributed by atoms with van der Waals surface area (Å²) in [6, 6.07) is 0. The van der Waals surface area contributed by atoms with Crippen molar-refractivity contribution in [2.24, 2.45) is 17.8 Å². The van der Waals surface area contributed by atoms with Gasteiger partial charge in [-0.25, -0.2) is 9.97 Å². The van der Waals surface area contributed by atoms with E-state index in [1.165, 1.54) is 18.4 Å². The van der Waals surface area contributed by atoms with Crippen LogP contribution in [0.4, 0.5) is 5.95 Å². The van der Waals surface area contributed by atoms with E-state index in [0.29, 0.717) is 11.7 Å². The number of Topliss-reactive ketones (excluding diaryl/α,β-unsaturated/α-hetero) is 1. The minimum absolute atomic E-state index is 0.168. The second-order valence-electron chi connectivity index (χ2n) is 8.09. The second-order valence-corrected chi connectivity index (χ2v) is 8.09. The van der Waals surface area contributed by atoms with Gasteiger partial charge in [0.25, 0.3) is 0 Å². The van der Waals surface area contributed by atoms with Crippen molar-refractivity contribution in [3.63, 3.8) is 0 Å². The van der Waals surface area contributed by atoms with Crippen LogP contribution in [-0.4, -0.2) is 28.8 Å². The van der Waals surface area contributed by atoms with Crippen LogP contribution in [0, 0.1) is 17.8 Å². The van der Waals surface area contributed by atoms with Gasteiger partial charge >= 0.3 is 0 Å². The summed E-state index contributed by atoms with van der Waals surface area (Å²) in [5, 5.41) is 0. The molecule has 1 saturated carbocycles. The highest BCUT2D eigenvalue weighted by Crippen LogP contribution is 2.36. The summed E-state index contributed by atoms with van der Waals surface area (Å²) in [5.41, 5.74) is 1.25. The summed E-state index contributed by atoms with van der Waals surface area (Å²) < 4.78 is 0. The Morgan fingerprint density at radius 1 is 1.04 bits per heavy atom. The molecule has 1 aliphatic heterocycles. The largest absolute Gasteiger partial charge is 0.341 e. The molecule has 1 saturated heterocycles. The highest BCUT2D eigenvalue weighted by atomic mass is 16.1. The van der Waals surface area contributed by atoms with E-state index in [2.05, 4.69) is 21.8 Å². The number of anilines is 1. The predicted molar refractivity (Wildman–Crippen MR) is 97.2 cm³/mol. The van der Waals surface area contributed by atoms with E-state index in [0.717, 1.165) is 50.6 Å². The molecule has 2 fully saturated rings. The van der Waals surface area contributed by atoms with Crippen LogP contribution in [0.1, 0.15) is 70.8 Å². The van der Waals surface area contributed by atoms with E-state index in [9.17, 15) is 4.79 Å². The molecule has 1 aromatic rings. The van der Waals surface area contributed by atoms with Gasteiger partial charge in [0.15, 0.2) is 0 Å². The molecular weight excluding hydrogens is 298 g/mol. The number of aromatic nitrogens is 2. The molecule has 0 amide bonds. The summed E-state index contributed by atoms with van der Waals surface area (Å²) in [6.07, 6.45) is 10.7. The third kappa shape index (κ3) is 3.96. The SMILES string of the molecule is CC1CCN(c2ncc(C3CCC(C(=O)C(C)C)CC3)cn2)CC1. The first-order chi connectivity index (χ1) is 11.5. The minimum Gasteiger partial charge on any atom is -0.341 e. The Bertz CT molecular complexity index is 539. The maximum absolute atomic E-state index is 12.2. The average Bonchev–Trinajstić information content (AvgIpc) is 2.62. The van der Waals surface area contributed by atoms with Crippen molar-refractivity contribution in [3.05, 3.63) is 18.0 Å². The number of piperidine rings is 1. The van der Waals surface area contributed by atoms with Crippen LogP contribution in [0.25, 0.3) is 0 Å². The van der Waals surface area contributed by atoms with E-state index in [1.54, 1.807) is 0 Å². The number of nitrogens with zero attached hydrogens (tertiary/aromatic N) is 3. The van der Waals surface area contributed by atoms with Gasteiger partial charge in [0.05, 0.1) is 0 Å². The van der Waals surface area contributed by atoms with Crippen molar-refractivity contribution in [1.82, 2.24) is 9.97 Å². The zero-order valence-corrected chi connectivity index (χ0v) is 15.4. The third-order valence-corrected chi connectivity index (χ3v) is 5.89. The molecular formula is C20H31N3O. The number of carbonyl (C=O) groups excluding carboxylic acids is 1. The molecule has 2 aliphatic rings. The molecule has 2 heterocycles. The Morgan fingerprint density at radius 3 is 2.17 bits per heavy atom. The maximum Gasteiger partial charge on any atom is 0.225 e. The highest BCUT2D eigenvalue weighted by molar-refractivity contribution is 5.82. The molecule has 3 rings (SSSR count). The first-order valence-electron chi connectivity index (χ1n) is 9.65. The quantitative estimate of drug-likeness (QED) is 0.830. The van der Waals surface area contributed by atoms with Gasteiger partial charge in [-0.15, -0.1) is 0 Å². The van der Waals surface area contributed by atoms with E-state index in [4.69, 9.17) is 0 Å². The van der Waals surface area contributed by atoms with Crippen LogP contribution in [0.5, 0.6) is 0 Å². The van der Waals surface area contributed by atoms with Gasteiger partial charge in [-0.2, -0.15) is 0 Å². The zero-order valence-electron chi connectivity index (χ0n) is 15.4. The number of ketones is 1. The van der Waals surface area contributed by atoms with Crippen molar-refractivity contribution in [2.75, 3.05) is 18.0 Å². The van der Waals surface area contributed by atoms with Gasteiger partial charge in [0, 0.05) is 37.3 Å². The molecule has 0 bridgehead atoms. The van der Waals surface area contributed by atoms with Gasteiger partial charge in [-0.1, -0.05) is 20.8 Å². The fraction of sp³-hybridized carbons (Fsp3) is 0.750. The lowest BCUT2D eigenvalue weighted by Gasteiger charge is -2.31. The average molecular weight is 329 g/mol. The van der Waals surface area contributed by atoms with E-state index in [-0.39, 0.29) is 11.8 Å². The molecule has 1 aliphatic carbocycles. The van der Waals surface area contributed by atoms with Crippen molar-refractivity contribution in [3.8, 4) is 0 Å². The molecule has 132 valence electrons. The molecule has 0 unspecified atom stereocenters. The first kappa shape index (κ1) is 17.4. The van der Waals surface area contributed by atoms with Gasteiger partial charge in [0.2, 0.25) is 5.95 Å². The lowest BCUT2D eigenvalue weighted by molar-refractivity contribution is -0.126. The predicted octanol–water partition coefficient (Wildman–Crippen LogP) is 4.21. The van der Waals surface area contributed by atoms with Crippen LogP contribution in [0.3, 0.4) is 0 Å². The Hall–Kier alpha value is -1.45. The fourth-order valence-corrected chi connectivity index (χ4v) is 4.10. The minimum atomic E-state index is 0.168. The zero-order chi connectivity index (χ0) is 17.1. The van der Waals surface area contributed by atoms with Crippen molar-refractivity contribution < 1.29 is 4.79 Å². The lowest BCUT2D eigenvalue weighted by atomic mass is 9.76. The molecule has 0 radical (unpaired) electrons. The number of rotatable bonds is 4. The maximum atomic E-state index is 12.2. The van der Waals surface area contributed by atoms with Crippen molar-refractivity contribution in [1.29, 1.82) is 0 Å². The molecule has 1 aromatic heterocycles. The molecule has 0 spiro atoms. The summed E-state index contributed by atoms with van der Waals surface area (Å²) in [5.74, 6) is 3.12. The highest BCUT2D eigenvalue weighted by Gasteiger charge is 2.28. The summed E-state index contributed by atoms with van der Waals surface area (Å²) in [7, 11) is 0. The number of hydrogen-bond donors (Lipinski definition) is 0. The molecule has 4 nitrogen and oxygen atoms in total. The third-order valence-electron chi connectivity index (χ3n) is 5.89. The normalized spacial score (nSPS) is 25.9. The van der Waals surface area contributed by atoms with E-state index < -0.39 is 0 Å². The molecule has 0 aromatic carbocycles. The summed E-state index contributed by atoms with van der Waals surface area (Å²) in [6.45, 7) is 8.50. The Kier molecular flexibility index (Phi) is 5.52. The van der Waals surface area contributed by atoms with Crippen molar-refractivity contribution >= 4 is 11.7 Å². The van der Waals surface area contributed by atoms with Crippen LogP contribution >= 0.6 is 0 Å². The van der Waals surface area contributed by atoms with Gasteiger partial charge < -0.3 is 4.90 Å². The van der Waals surface area contributed by atoms with Gasteiger partial charge in [-0.3, -0.25) is 4.79 Å².